The van der Waals surface area contributed by atoms with Crippen LogP contribution >= 0.6 is 0 Å². The first-order valence-electron chi connectivity index (χ1n) is 32.7. The van der Waals surface area contributed by atoms with E-state index in [0.717, 1.165) is 65.3 Å². The van der Waals surface area contributed by atoms with Gasteiger partial charge >= 0.3 is 0 Å². The maximum absolute atomic E-state index is 18.4. The molecule has 0 fully saturated rings. The van der Waals surface area contributed by atoms with Crippen LogP contribution < -0.4 is 9.80 Å². The zero-order valence-electron chi connectivity index (χ0n) is 54.7. The van der Waals surface area contributed by atoms with Crippen LogP contribution in [0.5, 0.6) is 0 Å². The lowest BCUT2D eigenvalue weighted by Gasteiger charge is -2.30. The Bertz CT molecular complexity index is 5480. The summed E-state index contributed by atoms with van der Waals surface area (Å²) in [6.45, 7) is 0. The Kier molecular flexibility index (Phi) is 9.37. The Morgan fingerprint density at radius 1 is 0.250 bits per heavy atom. The molecule has 16 aromatic rings. The zero-order valence-corrected chi connectivity index (χ0v) is 44.7. The molecule has 0 aromatic heterocycles. The normalized spacial score (nSPS) is 13.4. The van der Waals surface area contributed by atoms with Crippen LogP contribution in [0.25, 0.3) is 120 Å². The van der Waals surface area contributed by atoms with E-state index in [1.165, 1.54) is 21.9 Å². The predicted octanol–water partition coefficient (Wildman–Crippen LogP) is 23.1. The fraction of sp³-hybridized carbons (Fsp3) is 0. The molecule has 16 rings (SSSR count). The van der Waals surface area contributed by atoms with Gasteiger partial charge in [-0.1, -0.05) is 218 Å². The average molecular weight is 1090 g/mol. The molecule has 0 saturated heterocycles. The Hall–Kier alpha value is -10.9. The standard InChI is InChI=1S/C80H50F2N2/c81-73-47-69(61-31-27-51-15-7-11-19-57(51)43-61)71(63-33-29-53-17-9-13-21-59(53)45-63)49-77(73)83(65-23-3-1-4-24-65)75-41-37-55-36-40-68-76(42-38-56-35-39-67(75)79(55)80(56)68)84(66-25-5-2-6-26-66)78-50-72(64-34-30-54-18-10-14-22-60(54)46-64)70(48-74(78)82)62-32-28-52-16-8-12-20-58(52)44-62/h1-50H/i1D,2D,3D,4D,5D,6D,23D,24D,25D,26D. The summed E-state index contributed by atoms with van der Waals surface area (Å²) >= 11 is 0. The zero-order chi connectivity index (χ0) is 64.5. The molecule has 4 heteroatoms. The predicted molar refractivity (Wildman–Crippen MR) is 351 cm³/mol. The summed E-state index contributed by atoms with van der Waals surface area (Å²) in [5.74, 6) is -1.50. The van der Waals surface area contributed by atoms with Gasteiger partial charge in [-0.25, -0.2) is 8.78 Å². The molecule has 0 N–H and O–H groups in total. The molecule has 0 aliphatic rings. The highest BCUT2D eigenvalue weighted by Gasteiger charge is 2.27. The van der Waals surface area contributed by atoms with Crippen LogP contribution in [0.15, 0.2) is 303 Å². The van der Waals surface area contributed by atoms with E-state index in [0.29, 0.717) is 54.6 Å². The minimum atomic E-state index is -0.751. The van der Waals surface area contributed by atoms with E-state index < -0.39 is 72.1 Å². The lowest BCUT2D eigenvalue weighted by molar-refractivity contribution is 0.629. The summed E-state index contributed by atoms with van der Waals surface area (Å²) in [6, 6.07) is 70.3. The monoisotopic (exact) mass is 1090 g/mol. The fourth-order valence-electron chi connectivity index (χ4n) is 12.5. The van der Waals surface area contributed by atoms with Crippen LogP contribution in [0.2, 0.25) is 0 Å². The molecule has 16 aromatic carbocycles. The summed E-state index contributed by atoms with van der Waals surface area (Å²) in [7, 11) is 0. The molecule has 0 spiro atoms. The van der Waals surface area contributed by atoms with Gasteiger partial charge < -0.3 is 9.80 Å². The maximum Gasteiger partial charge on any atom is 0.147 e. The number of hydrogen-bond acceptors (Lipinski definition) is 2. The first-order chi connectivity index (χ1) is 45.6. The molecule has 84 heavy (non-hydrogen) atoms. The highest BCUT2D eigenvalue weighted by Crippen LogP contribution is 2.51. The van der Waals surface area contributed by atoms with Gasteiger partial charge in [0.2, 0.25) is 0 Å². The first-order valence-corrected chi connectivity index (χ1v) is 27.7. The van der Waals surface area contributed by atoms with Crippen molar-refractivity contribution in [3.8, 4) is 44.5 Å². The molecule has 0 aliphatic heterocycles. The lowest BCUT2D eigenvalue weighted by atomic mass is 9.90. The SMILES string of the molecule is [2H]c1c([2H])c([2H])c(N(c2cc(-c3ccc4ccccc4c3)c(-c3ccc4ccccc4c3)cc2F)c2ccc3ccc4c(N(c5cc(-c6ccc7ccccc7c6)c(-c6ccc7ccccc7c6)cc5F)c5c([2H])c([2H])c([2H])c([2H])c5[2H])ccc5ccc2c3c54)c([2H])c1[2H]. The van der Waals surface area contributed by atoms with Gasteiger partial charge in [0, 0.05) is 22.1 Å². The van der Waals surface area contributed by atoms with Crippen molar-refractivity contribution in [2.24, 2.45) is 0 Å². The number of hydrogen-bond donors (Lipinski definition) is 0. The highest BCUT2D eigenvalue weighted by molar-refractivity contribution is 6.28. The van der Waals surface area contributed by atoms with Crippen LogP contribution in [0.1, 0.15) is 13.7 Å². The van der Waals surface area contributed by atoms with E-state index in [1.54, 1.807) is 24.3 Å². The second-order valence-corrected chi connectivity index (χ2v) is 21.2. The number of anilines is 6. The van der Waals surface area contributed by atoms with E-state index in [1.807, 2.05) is 206 Å². The lowest BCUT2D eigenvalue weighted by Crippen LogP contribution is -2.13. The summed E-state index contributed by atoms with van der Waals surface area (Å²) in [5, 5.41) is 11.2. The van der Waals surface area contributed by atoms with Crippen molar-refractivity contribution in [1.82, 2.24) is 0 Å². The summed E-state index contributed by atoms with van der Waals surface area (Å²) in [6.07, 6.45) is 0. The molecule has 0 unspecified atom stereocenters. The number of para-hydroxylation sites is 2. The van der Waals surface area contributed by atoms with Crippen LogP contribution in [-0.2, 0) is 0 Å². The van der Waals surface area contributed by atoms with Gasteiger partial charge in [-0.05, 0) is 194 Å². The van der Waals surface area contributed by atoms with Gasteiger partial charge in [-0.15, -0.1) is 0 Å². The Balaban J connectivity index is 0.967. The topological polar surface area (TPSA) is 6.48 Å². The van der Waals surface area contributed by atoms with Crippen molar-refractivity contribution in [1.29, 1.82) is 0 Å². The van der Waals surface area contributed by atoms with Crippen LogP contribution in [-0.4, -0.2) is 0 Å². The third-order valence-corrected chi connectivity index (χ3v) is 16.4. The van der Waals surface area contributed by atoms with Gasteiger partial charge in [0.1, 0.15) is 11.6 Å². The molecular formula is C80H50F2N2. The second kappa shape index (κ2) is 19.9. The molecule has 0 saturated carbocycles. The third kappa shape index (κ3) is 8.29. The molecular weight excluding hydrogens is 1030 g/mol. The molecule has 394 valence electrons. The number of fused-ring (bicyclic) bond motifs is 4. The molecule has 0 bridgehead atoms. The Morgan fingerprint density at radius 2 is 0.536 bits per heavy atom. The molecule has 0 heterocycles. The van der Waals surface area contributed by atoms with Crippen molar-refractivity contribution < 1.29 is 22.5 Å². The fourth-order valence-corrected chi connectivity index (χ4v) is 12.5. The van der Waals surface area contributed by atoms with E-state index in [4.69, 9.17) is 8.22 Å². The van der Waals surface area contributed by atoms with Crippen LogP contribution in [0, 0.1) is 11.6 Å². The van der Waals surface area contributed by atoms with Crippen LogP contribution in [0.3, 0.4) is 0 Å². The molecule has 0 atom stereocenters. The number of halogens is 2. The second-order valence-electron chi connectivity index (χ2n) is 21.2. The summed E-state index contributed by atoms with van der Waals surface area (Å²) in [5.41, 5.74) is 4.91. The minimum absolute atomic E-state index is 0.112. The first kappa shape index (κ1) is 39.5. The van der Waals surface area contributed by atoms with Crippen molar-refractivity contribution in [3.05, 3.63) is 315 Å². The summed E-state index contributed by atoms with van der Waals surface area (Å²) < 4.78 is 129. The molecule has 0 radical (unpaired) electrons. The summed E-state index contributed by atoms with van der Waals surface area (Å²) in [4.78, 5) is 2.83. The van der Waals surface area contributed by atoms with E-state index >= 15 is 8.78 Å². The molecule has 0 amide bonds. The van der Waals surface area contributed by atoms with Crippen LogP contribution in [0.4, 0.5) is 42.9 Å². The van der Waals surface area contributed by atoms with Crippen molar-refractivity contribution in [3.63, 3.8) is 0 Å². The molecule has 2 nitrogen and oxygen atoms in total. The maximum atomic E-state index is 18.4. The van der Waals surface area contributed by atoms with Gasteiger partial charge in [0.25, 0.3) is 0 Å². The number of benzene rings is 16. The largest absolute Gasteiger partial charge is 0.307 e. The van der Waals surface area contributed by atoms with E-state index in [-0.39, 0.29) is 34.1 Å². The van der Waals surface area contributed by atoms with Gasteiger partial charge in [0.15, 0.2) is 0 Å². The minimum Gasteiger partial charge on any atom is -0.307 e. The Labute approximate surface area is 499 Å². The highest BCUT2D eigenvalue weighted by atomic mass is 19.1. The Morgan fingerprint density at radius 3 is 0.869 bits per heavy atom. The van der Waals surface area contributed by atoms with Crippen molar-refractivity contribution in [2.45, 2.75) is 0 Å². The van der Waals surface area contributed by atoms with Gasteiger partial charge in [-0.3, -0.25) is 0 Å². The van der Waals surface area contributed by atoms with E-state index in [2.05, 4.69) is 0 Å². The van der Waals surface area contributed by atoms with Gasteiger partial charge in [-0.2, -0.15) is 0 Å². The van der Waals surface area contributed by atoms with Crippen molar-refractivity contribution in [2.75, 3.05) is 9.80 Å². The average Bonchev–Trinajstić information content (AvgIpc) is 0.716. The van der Waals surface area contributed by atoms with Crippen molar-refractivity contribution >= 4 is 110 Å². The third-order valence-electron chi connectivity index (χ3n) is 16.4. The molecule has 0 aliphatic carbocycles. The number of rotatable bonds is 10. The number of nitrogens with zero attached hydrogens (tertiary/aromatic N) is 2. The van der Waals surface area contributed by atoms with E-state index in [9.17, 15) is 5.48 Å². The quantitative estimate of drug-likeness (QED) is 0.126. The smallest absolute Gasteiger partial charge is 0.147 e. The van der Waals surface area contributed by atoms with Gasteiger partial charge in [0.05, 0.1) is 36.5 Å².